The molecular formula is C11H21NO4S. The standard InChI is InChI=1S/C11H21NO4S/c1-9(10(13)14)17(15,16)12-8-11(2)6-4-3-5-7-11/h9,12H,3-8H2,1-2H3,(H,13,14). The van der Waals surface area contributed by atoms with E-state index in [1.54, 1.807) is 0 Å². The number of rotatable bonds is 5. The SMILES string of the molecule is CC(C(=O)O)S(=O)(=O)NCC1(C)CCCCC1. The Bertz CT molecular complexity index is 371. The van der Waals surface area contributed by atoms with Gasteiger partial charge in [0, 0.05) is 6.54 Å². The van der Waals surface area contributed by atoms with Crippen LogP contribution >= 0.6 is 0 Å². The molecule has 1 aliphatic rings. The first-order valence-electron chi connectivity index (χ1n) is 5.98. The number of sulfonamides is 1. The molecule has 100 valence electrons. The van der Waals surface area contributed by atoms with Gasteiger partial charge in [-0.15, -0.1) is 0 Å². The van der Waals surface area contributed by atoms with Crippen LogP contribution in [-0.2, 0) is 14.8 Å². The van der Waals surface area contributed by atoms with Gasteiger partial charge in [0.05, 0.1) is 0 Å². The van der Waals surface area contributed by atoms with Crippen molar-refractivity contribution in [3.63, 3.8) is 0 Å². The molecule has 0 bridgehead atoms. The fraction of sp³-hybridized carbons (Fsp3) is 0.909. The predicted octanol–water partition coefficient (Wildman–Crippen LogP) is 1.35. The van der Waals surface area contributed by atoms with Crippen molar-refractivity contribution in [1.82, 2.24) is 4.72 Å². The van der Waals surface area contributed by atoms with Gasteiger partial charge in [0.2, 0.25) is 10.0 Å². The Morgan fingerprint density at radius 2 is 1.88 bits per heavy atom. The van der Waals surface area contributed by atoms with E-state index in [1.165, 1.54) is 13.3 Å². The van der Waals surface area contributed by atoms with Crippen LogP contribution in [0.1, 0.15) is 46.0 Å². The molecule has 5 nitrogen and oxygen atoms in total. The molecule has 1 fully saturated rings. The lowest BCUT2D eigenvalue weighted by Gasteiger charge is -2.33. The van der Waals surface area contributed by atoms with E-state index in [0.29, 0.717) is 6.54 Å². The number of aliphatic carboxylic acids is 1. The molecule has 17 heavy (non-hydrogen) atoms. The molecule has 0 aliphatic heterocycles. The highest BCUT2D eigenvalue weighted by atomic mass is 32.2. The van der Waals surface area contributed by atoms with Gasteiger partial charge >= 0.3 is 5.97 Å². The molecule has 0 radical (unpaired) electrons. The third-order valence-electron chi connectivity index (χ3n) is 3.57. The smallest absolute Gasteiger partial charge is 0.323 e. The average Bonchev–Trinajstić information content (AvgIpc) is 2.27. The van der Waals surface area contributed by atoms with Crippen molar-refractivity contribution in [3.8, 4) is 0 Å². The fourth-order valence-electron chi connectivity index (χ4n) is 2.11. The minimum atomic E-state index is -3.75. The Balaban J connectivity index is 2.57. The topological polar surface area (TPSA) is 83.5 Å². The number of carboxylic acid groups (broad SMARTS) is 1. The summed E-state index contributed by atoms with van der Waals surface area (Å²) in [5.41, 5.74) is -0.0243. The van der Waals surface area contributed by atoms with Crippen LogP contribution in [0.2, 0.25) is 0 Å². The molecule has 0 saturated heterocycles. The van der Waals surface area contributed by atoms with E-state index in [1.807, 2.05) is 0 Å². The van der Waals surface area contributed by atoms with Crippen molar-refractivity contribution >= 4 is 16.0 Å². The van der Waals surface area contributed by atoms with Crippen LogP contribution in [0.5, 0.6) is 0 Å². The summed E-state index contributed by atoms with van der Waals surface area (Å²) >= 11 is 0. The van der Waals surface area contributed by atoms with Gasteiger partial charge < -0.3 is 5.11 Å². The van der Waals surface area contributed by atoms with E-state index in [4.69, 9.17) is 5.11 Å². The Labute approximate surface area is 103 Å². The highest BCUT2D eigenvalue weighted by Gasteiger charge is 2.32. The van der Waals surface area contributed by atoms with Crippen LogP contribution in [0, 0.1) is 5.41 Å². The lowest BCUT2D eigenvalue weighted by molar-refractivity contribution is -0.136. The predicted molar refractivity (Wildman–Crippen MR) is 65.2 cm³/mol. The lowest BCUT2D eigenvalue weighted by Crippen LogP contribution is -2.43. The second-order valence-corrected chi connectivity index (χ2v) is 7.30. The summed E-state index contributed by atoms with van der Waals surface area (Å²) in [7, 11) is -3.75. The Kier molecular flexibility index (Phi) is 4.55. The van der Waals surface area contributed by atoms with Crippen molar-refractivity contribution in [3.05, 3.63) is 0 Å². The third kappa shape index (κ3) is 3.96. The maximum atomic E-state index is 11.7. The molecule has 0 aromatic rings. The first kappa shape index (κ1) is 14.4. The van der Waals surface area contributed by atoms with Crippen molar-refractivity contribution in [2.24, 2.45) is 5.41 Å². The van der Waals surface area contributed by atoms with Crippen molar-refractivity contribution in [2.45, 2.75) is 51.2 Å². The fourth-order valence-corrected chi connectivity index (χ4v) is 3.18. The molecule has 0 heterocycles. The van der Waals surface area contributed by atoms with Crippen LogP contribution in [-0.4, -0.2) is 31.3 Å². The van der Waals surface area contributed by atoms with Crippen molar-refractivity contribution in [1.29, 1.82) is 0 Å². The van der Waals surface area contributed by atoms with Gasteiger partial charge in [-0.1, -0.05) is 26.2 Å². The zero-order chi connectivity index (χ0) is 13.1. The molecule has 1 atom stereocenters. The highest BCUT2D eigenvalue weighted by Crippen LogP contribution is 2.35. The van der Waals surface area contributed by atoms with Crippen molar-refractivity contribution < 1.29 is 18.3 Å². The molecule has 6 heteroatoms. The van der Waals surface area contributed by atoms with E-state index in [9.17, 15) is 13.2 Å². The number of carboxylic acids is 1. The summed E-state index contributed by atoms with van der Waals surface area (Å²) in [6.07, 6.45) is 5.43. The Morgan fingerprint density at radius 1 is 1.35 bits per heavy atom. The first-order chi connectivity index (χ1) is 7.77. The monoisotopic (exact) mass is 263 g/mol. The molecule has 2 N–H and O–H groups in total. The summed E-state index contributed by atoms with van der Waals surface area (Å²) in [5.74, 6) is -1.31. The van der Waals surface area contributed by atoms with E-state index in [-0.39, 0.29) is 5.41 Å². The second-order valence-electron chi connectivity index (χ2n) is 5.22. The summed E-state index contributed by atoms with van der Waals surface area (Å²) in [4.78, 5) is 10.7. The average molecular weight is 263 g/mol. The van der Waals surface area contributed by atoms with E-state index in [0.717, 1.165) is 25.7 Å². The third-order valence-corrected chi connectivity index (χ3v) is 5.25. The largest absolute Gasteiger partial charge is 0.480 e. The molecule has 1 saturated carbocycles. The van der Waals surface area contributed by atoms with Gasteiger partial charge in [0.1, 0.15) is 0 Å². The molecule has 0 aromatic carbocycles. The normalized spacial score (nSPS) is 22.0. The van der Waals surface area contributed by atoms with E-state index < -0.39 is 21.2 Å². The number of carbonyl (C=O) groups is 1. The summed E-state index contributed by atoms with van der Waals surface area (Å²) < 4.78 is 25.8. The molecule has 0 aromatic heterocycles. The Morgan fingerprint density at radius 3 is 2.35 bits per heavy atom. The molecule has 1 aliphatic carbocycles. The van der Waals surface area contributed by atoms with Crippen LogP contribution < -0.4 is 4.72 Å². The molecule has 0 spiro atoms. The Hall–Kier alpha value is -0.620. The summed E-state index contributed by atoms with van der Waals surface area (Å²) in [5, 5.41) is 7.31. The minimum Gasteiger partial charge on any atom is -0.480 e. The number of hydrogen-bond donors (Lipinski definition) is 2. The van der Waals surface area contributed by atoms with Gasteiger partial charge in [-0.2, -0.15) is 0 Å². The van der Waals surface area contributed by atoms with Gasteiger partial charge in [-0.3, -0.25) is 4.79 Å². The van der Waals surface area contributed by atoms with Crippen LogP contribution in [0.4, 0.5) is 0 Å². The highest BCUT2D eigenvalue weighted by molar-refractivity contribution is 7.90. The molecule has 0 amide bonds. The number of nitrogens with one attached hydrogen (secondary N) is 1. The molecular weight excluding hydrogens is 242 g/mol. The van der Waals surface area contributed by atoms with Crippen LogP contribution in [0.3, 0.4) is 0 Å². The zero-order valence-corrected chi connectivity index (χ0v) is 11.2. The van der Waals surface area contributed by atoms with E-state index in [2.05, 4.69) is 11.6 Å². The summed E-state index contributed by atoms with van der Waals surface area (Å²) in [6.45, 7) is 3.58. The zero-order valence-electron chi connectivity index (χ0n) is 10.4. The van der Waals surface area contributed by atoms with Crippen LogP contribution in [0.15, 0.2) is 0 Å². The van der Waals surface area contributed by atoms with Gasteiger partial charge in [-0.25, -0.2) is 13.1 Å². The van der Waals surface area contributed by atoms with Gasteiger partial charge in [-0.05, 0) is 25.2 Å². The molecule has 1 unspecified atom stereocenters. The maximum absolute atomic E-state index is 11.7. The number of hydrogen-bond acceptors (Lipinski definition) is 3. The van der Waals surface area contributed by atoms with Gasteiger partial charge in [0.25, 0.3) is 0 Å². The first-order valence-corrected chi connectivity index (χ1v) is 7.53. The second kappa shape index (κ2) is 5.35. The van der Waals surface area contributed by atoms with Crippen molar-refractivity contribution in [2.75, 3.05) is 6.54 Å². The quantitative estimate of drug-likeness (QED) is 0.784. The maximum Gasteiger partial charge on any atom is 0.323 e. The van der Waals surface area contributed by atoms with E-state index >= 15 is 0 Å². The molecule has 1 rings (SSSR count). The van der Waals surface area contributed by atoms with Gasteiger partial charge in [0.15, 0.2) is 5.25 Å². The minimum absolute atomic E-state index is 0.0243. The summed E-state index contributed by atoms with van der Waals surface area (Å²) in [6, 6.07) is 0. The van der Waals surface area contributed by atoms with Crippen LogP contribution in [0.25, 0.3) is 0 Å². The lowest BCUT2D eigenvalue weighted by atomic mass is 9.76.